The van der Waals surface area contributed by atoms with Crippen molar-refractivity contribution in [2.24, 2.45) is 5.92 Å². The summed E-state index contributed by atoms with van der Waals surface area (Å²) < 4.78 is 19.7. The van der Waals surface area contributed by atoms with Crippen LogP contribution in [-0.4, -0.2) is 48.7 Å². The van der Waals surface area contributed by atoms with Crippen LogP contribution in [0.1, 0.15) is 18.4 Å². The summed E-state index contributed by atoms with van der Waals surface area (Å²) in [5.74, 6) is 1.20. The fourth-order valence-corrected chi connectivity index (χ4v) is 5.77. The molecule has 2 aromatic rings. The number of thioether (sulfide) groups is 1. The number of hydrogen-bond acceptors (Lipinski definition) is 4. The molecule has 30 heavy (non-hydrogen) atoms. The van der Waals surface area contributed by atoms with E-state index >= 15 is 0 Å². The van der Waals surface area contributed by atoms with Crippen LogP contribution in [0.25, 0.3) is 0 Å². The number of carbonyl (C=O) groups is 1. The van der Waals surface area contributed by atoms with Gasteiger partial charge >= 0.3 is 0 Å². The van der Waals surface area contributed by atoms with Gasteiger partial charge in [0, 0.05) is 28.5 Å². The molecule has 0 N–H and O–H groups in total. The zero-order chi connectivity index (χ0) is 21.1. The number of halogens is 2. The van der Waals surface area contributed by atoms with Crippen molar-refractivity contribution in [1.29, 1.82) is 0 Å². The van der Waals surface area contributed by atoms with Gasteiger partial charge in [-0.25, -0.2) is 4.39 Å². The number of benzene rings is 2. The maximum atomic E-state index is 13.5. The minimum atomic E-state index is -0.171. The number of hydrogen-bond donors (Lipinski definition) is 0. The van der Waals surface area contributed by atoms with E-state index in [4.69, 9.17) is 4.74 Å². The molecule has 160 valence electrons. The highest BCUT2D eigenvalue weighted by Gasteiger charge is 2.33. The molecule has 0 spiro atoms. The number of ether oxygens (including phenoxy) is 1. The van der Waals surface area contributed by atoms with E-state index < -0.39 is 0 Å². The van der Waals surface area contributed by atoms with E-state index in [0.717, 1.165) is 66.9 Å². The summed E-state index contributed by atoms with van der Waals surface area (Å²) >= 11 is 4.99. The van der Waals surface area contributed by atoms with Crippen LogP contribution in [0.5, 0.6) is 5.75 Å². The third-order valence-electron chi connectivity index (χ3n) is 5.94. The summed E-state index contributed by atoms with van der Waals surface area (Å²) in [5.41, 5.74) is 1.98. The largest absolute Gasteiger partial charge is 0.497 e. The second kappa shape index (κ2) is 9.71. The molecule has 2 heterocycles. The molecule has 1 amide bonds. The van der Waals surface area contributed by atoms with Gasteiger partial charge in [-0.05, 0) is 86.3 Å². The number of likely N-dealkylation sites (tertiary alicyclic amines) is 1. The molecule has 1 unspecified atom stereocenters. The average molecular weight is 493 g/mol. The van der Waals surface area contributed by atoms with Gasteiger partial charge in [-0.15, -0.1) is 0 Å². The lowest BCUT2D eigenvalue weighted by Gasteiger charge is -2.33. The molecular formula is C23H26BrFN2O2S. The molecular weight excluding hydrogens is 467 g/mol. The first-order chi connectivity index (χ1) is 14.5. The molecule has 4 nitrogen and oxygen atoms in total. The van der Waals surface area contributed by atoms with E-state index in [-0.39, 0.29) is 16.3 Å². The monoisotopic (exact) mass is 492 g/mol. The van der Waals surface area contributed by atoms with Crippen molar-refractivity contribution in [3.63, 3.8) is 0 Å². The lowest BCUT2D eigenvalue weighted by Crippen LogP contribution is -2.39. The lowest BCUT2D eigenvalue weighted by atomic mass is 9.90. The van der Waals surface area contributed by atoms with Gasteiger partial charge in [0.05, 0.1) is 7.11 Å². The number of anilines is 1. The number of methoxy groups -OCH3 is 1. The number of rotatable bonds is 6. The van der Waals surface area contributed by atoms with Gasteiger partial charge in [0.1, 0.15) is 11.6 Å². The number of carbonyl (C=O) groups excluding carboxylic acids is 1. The predicted octanol–water partition coefficient (Wildman–Crippen LogP) is 5.59. The van der Waals surface area contributed by atoms with E-state index in [1.54, 1.807) is 19.2 Å². The third-order valence-corrected chi connectivity index (χ3v) is 7.77. The first kappa shape index (κ1) is 21.7. The van der Waals surface area contributed by atoms with Crippen LogP contribution >= 0.6 is 27.7 Å². The molecule has 0 aliphatic carbocycles. The Morgan fingerprint density at radius 3 is 2.60 bits per heavy atom. The number of piperidine rings is 1. The summed E-state index contributed by atoms with van der Waals surface area (Å²) in [4.78, 5) is 16.8. The molecule has 0 aromatic heterocycles. The maximum Gasteiger partial charge on any atom is 0.286 e. The zero-order valence-corrected chi connectivity index (χ0v) is 19.4. The summed E-state index contributed by atoms with van der Waals surface area (Å²) in [7, 11) is 1.64. The van der Waals surface area contributed by atoms with Gasteiger partial charge in [0.25, 0.3) is 5.24 Å². The minimum absolute atomic E-state index is 0.121. The highest BCUT2D eigenvalue weighted by Crippen LogP contribution is 2.33. The smallest absolute Gasteiger partial charge is 0.286 e. The van der Waals surface area contributed by atoms with Crippen LogP contribution < -0.4 is 9.64 Å². The first-order valence-electron chi connectivity index (χ1n) is 10.3. The Balaban J connectivity index is 1.27. The Bertz CT molecular complexity index is 887. The first-order valence-corrected chi connectivity index (χ1v) is 12.0. The third kappa shape index (κ3) is 5.18. The highest BCUT2D eigenvalue weighted by atomic mass is 79.9. The van der Waals surface area contributed by atoms with Crippen molar-refractivity contribution in [1.82, 2.24) is 4.90 Å². The Morgan fingerprint density at radius 1 is 1.17 bits per heavy atom. The highest BCUT2D eigenvalue weighted by molar-refractivity contribution is 9.10. The zero-order valence-electron chi connectivity index (χ0n) is 17.0. The van der Waals surface area contributed by atoms with Gasteiger partial charge in [-0.1, -0.05) is 27.7 Å². The van der Waals surface area contributed by atoms with Crippen LogP contribution in [0.15, 0.2) is 46.9 Å². The number of amides is 1. The van der Waals surface area contributed by atoms with E-state index in [2.05, 4.69) is 20.8 Å². The standard InChI is InChI=1S/C23H26BrFN2O2S/c1-29-20-5-3-19(4-6-20)27-15-21(30-23(27)28)14-26-10-8-16(9-11-26)12-17-13-18(25)2-7-22(17)24/h2-7,13,16,21H,8-12,14-15H2,1H3. The molecule has 2 aromatic carbocycles. The van der Waals surface area contributed by atoms with Gasteiger partial charge in [-0.3, -0.25) is 4.79 Å². The molecule has 0 radical (unpaired) electrons. The lowest BCUT2D eigenvalue weighted by molar-refractivity contribution is 0.185. The molecule has 2 saturated heterocycles. The van der Waals surface area contributed by atoms with Crippen LogP contribution in [0, 0.1) is 11.7 Å². The van der Waals surface area contributed by atoms with Crippen molar-refractivity contribution < 1.29 is 13.9 Å². The fraction of sp³-hybridized carbons (Fsp3) is 0.435. The summed E-state index contributed by atoms with van der Waals surface area (Å²) in [6.07, 6.45) is 3.13. The SMILES string of the molecule is COc1ccc(N2CC(CN3CCC(Cc4cc(F)ccc4Br)CC3)SC2=O)cc1. The topological polar surface area (TPSA) is 32.8 Å². The second-order valence-corrected chi connectivity index (χ2v) is 10.1. The second-order valence-electron chi connectivity index (χ2n) is 8.00. The average Bonchev–Trinajstić information content (AvgIpc) is 3.12. The minimum Gasteiger partial charge on any atom is -0.497 e. The molecule has 2 fully saturated rings. The van der Waals surface area contributed by atoms with E-state index in [1.165, 1.54) is 17.8 Å². The van der Waals surface area contributed by atoms with E-state index in [1.807, 2.05) is 29.2 Å². The van der Waals surface area contributed by atoms with Crippen LogP contribution in [-0.2, 0) is 6.42 Å². The molecule has 7 heteroatoms. The molecule has 2 aliphatic heterocycles. The van der Waals surface area contributed by atoms with Gasteiger partial charge < -0.3 is 14.5 Å². The summed E-state index contributed by atoms with van der Waals surface area (Å²) in [6.45, 7) is 3.74. The molecule has 0 bridgehead atoms. The van der Waals surface area contributed by atoms with Gasteiger partial charge in [0.2, 0.25) is 0 Å². The molecule has 4 rings (SSSR count). The number of nitrogens with zero attached hydrogens (tertiary/aromatic N) is 2. The van der Waals surface area contributed by atoms with E-state index in [0.29, 0.717) is 5.92 Å². The Hall–Kier alpha value is -1.57. The van der Waals surface area contributed by atoms with Gasteiger partial charge in [0.15, 0.2) is 0 Å². The van der Waals surface area contributed by atoms with E-state index in [9.17, 15) is 9.18 Å². The molecule has 2 aliphatic rings. The quantitative estimate of drug-likeness (QED) is 0.525. The fourth-order valence-electron chi connectivity index (χ4n) is 4.26. The van der Waals surface area contributed by atoms with Crippen molar-refractivity contribution >= 4 is 38.6 Å². The predicted molar refractivity (Wildman–Crippen MR) is 124 cm³/mol. The Labute approximate surface area is 189 Å². The summed E-state index contributed by atoms with van der Waals surface area (Å²) in [5, 5.41) is 0.407. The Kier molecular flexibility index (Phi) is 7.01. The normalized spacial score (nSPS) is 20.7. The maximum absolute atomic E-state index is 13.5. The van der Waals surface area contributed by atoms with Gasteiger partial charge in [-0.2, -0.15) is 0 Å². The van der Waals surface area contributed by atoms with Crippen LogP contribution in [0.3, 0.4) is 0 Å². The van der Waals surface area contributed by atoms with Crippen LogP contribution in [0.2, 0.25) is 0 Å². The Morgan fingerprint density at radius 2 is 1.90 bits per heavy atom. The van der Waals surface area contributed by atoms with Crippen LogP contribution in [0.4, 0.5) is 14.9 Å². The molecule has 0 saturated carbocycles. The van der Waals surface area contributed by atoms with Crippen molar-refractivity contribution in [3.8, 4) is 5.75 Å². The van der Waals surface area contributed by atoms with Crippen molar-refractivity contribution in [2.75, 3.05) is 38.2 Å². The summed E-state index contributed by atoms with van der Waals surface area (Å²) in [6, 6.07) is 12.6. The van der Waals surface area contributed by atoms with Crippen molar-refractivity contribution in [2.45, 2.75) is 24.5 Å². The van der Waals surface area contributed by atoms with Crippen molar-refractivity contribution in [3.05, 3.63) is 58.3 Å². The molecule has 1 atom stereocenters.